The molecular weight excluding hydrogens is 254 g/mol. The van der Waals surface area contributed by atoms with E-state index in [9.17, 15) is 9.90 Å². The van der Waals surface area contributed by atoms with Crippen LogP contribution in [0.3, 0.4) is 0 Å². The lowest BCUT2D eigenvalue weighted by Crippen LogP contribution is -2.44. The Balaban J connectivity index is 2.21. The lowest BCUT2D eigenvalue weighted by molar-refractivity contribution is -0.136. The molecule has 0 fully saturated rings. The zero-order chi connectivity index (χ0) is 14.8. The minimum absolute atomic E-state index is 0.0744. The van der Waals surface area contributed by atoms with Crippen molar-refractivity contribution in [3.8, 4) is 5.75 Å². The fraction of sp³-hybridized carbons (Fsp3) is 0.562. The Morgan fingerprint density at radius 3 is 2.80 bits per heavy atom. The number of likely N-dealkylation sites (N-methyl/N-ethyl adjacent to an activating group) is 1. The summed E-state index contributed by atoms with van der Waals surface area (Å²) in [6.07, 6.45) is 0.693. The number of amides is 1. The van der Waals surface area contributed by atoms with Crippen LogP contribution in [0.5, 0.6) is 5.75 Å². The molecule has 0 aliphatic carbocycles. The molecule has 0 radical (unpaired) electrons. The van der Waals surface area contributed by atoms with E-state index in [1.165, 1.54) is 0 Å². The summed E-state index contributed by atoms with van der Waals surface area (Å²) in [5, 5.41) is 9.94. The maximum Gasteiger partial charge on any atom is 0.230 e. The molecule has 1 unspecified atom stereocenters. The third-order valence-electron chi connectivity index (χ3n) is 3.53. The summed E-state index contributed by atoms with van der Waals surface area (Å²) >= 11 is 0. The van der Waals surface area contributed by atoms with E-state index in [2.05, 4.69) is 0 Å². The average molecular weight is 277 g/mol. The molecule has 1 amide bonds. The first-order valence-corrected chi connectivity index (χ1v) is 7.15. The van der Waals surface area contributed by atoms with Crippen molar-refractivity contribution in [3.05, 3.63) is 29.8 Å². The molecular formula is C16H23NO3. The van der Waals surface area contributed by atoms with E-state index in [4.69, 9.17) is 4.74 Å². The predicted octanol–water partition coefficient (Wildman–Crippen LogP) is 2.17. The third kappa shape index (κ3) is 3.31. The number of aliphatic hydroxyl groups is 1. The second-order valence-electron chi connectivity index (χ2n) is 5.89. The number of rotatable bonds is 4. The van der Waals surface area contributed by atoms with Gasteiger partial charge < -0.3 is 14.7 Å². The standard InChI is InChI=1S/C16H23NO3/c1-4-17(11-16(2,3)19)15(18)13-9-10-20-14-8-6-5-7-12(13)14/h5-8,13,19H,4,9-11H2,1-3H3. The quantitative estimate of drug-likeness (QED) is 0.917. The van der Waals surface area contributed by atoms with Crippen molar-refractivity contribution in [2.45, 2.75) is 38.7 Å². The number of carbonyl (C=O) groups is 1. The number of hydrogen-bond acceptors (Lipinski definition) is 3. The Kier molecular flexibility index (Phi) is 4.33. The van der Waals surface area contributed by atoms with Gasteiger partial charge in [-0.2, -0.15) is 0 Å². The molecule has 0 spiro atoms. The van der Waals surface area contributed by atoms with Gasteiger partial charge in [0.2, 0.25) is 5.91 Å². The highest BCUT2D eigenvalue weighted by Crippen LogP contribution is 2.34. The number of fused-ring (bicyclic) bond motifs is 1. The van der Waals surface area contributed by atoms with E-state index in [0.29, 0.717) is 26.1 Å². The van der Waals surface area contributed by atoms with E-state index in [1.807, 2.05) is 31.2 Å². The number of para-hydroxylation sites is 1. The van der Waals surface area contributed by atoms with Crippen LogP contribution < -0.4 is 4.74 Å². The van der Waals surface area contributed by atoms with Crippen LogP contribution in [0.15, 0.2) is 24.3 Å². The van der Waals surface area contributed by atoms with Crippen molar-refractivity contribution in [1.29, 1.82) is 0 Å². The van der Waals surface area contributed by atoms with E-state index in [1.54, 1.807) is 18.7 Å². The molecule has 1 aliphatic rings. The number of nitrogens with zero attached hydrogens (tertiary/aromatic N) is 1. The molecule has 0 bridgehead atoms. The van der Waals surface area contributed by atoms with Crippen LogP contribution >= 0.6 is 0 Å². The fourth-order valence-corrected chi connectivity index (χ4v) is 2.63. The van der Waals surface area contributed by atoms with Gasteiger partial charge in [0.25, 0.3) is 0 Å². The molecule has 1 aliphatic heterocycles. The highest BCUT2D eigenvalue weighted by atomic mass is 16.5. The van der Waals surface area contributed by atoms with Gasteiger partial charge >= 0.3 is 0 Å². The number of hydrogen-bond donors (Lipinski definition) is 1. The molecule has 4 nitrogen and oxygen atoms in total. The Hall–Kier alpha value is -1.55. The Morgan fingerprint density at radius 2 is 2.15 bits per heavy atom. The second kappa shape index (κ2) is 5.83. The first kappa shape index (κ1) is 14.9. The van der Waals surface area contributed by atoms with Crippen molar-refractivity contribution < 1.29 is 14.6 Å². The first-order chi connectivity index (χ1) is 9.42. The Morgan fingerprint density at radius 1 is 1.45 bits per heavy atom. The summed E-state index contributed by atoms with van der Waals surface area (Å²) in [6, 6.07) is 7.70. The molecule has 0 saturated carbocycles. The van der Waals surface area contributed by atoms with Gasteiger partial charge in [0.15, 0.2) is 0 Å². The number of benzene rings is 1. The largest absolute Gasteiger partial charge is 0.493 e. The summed E-state index contributed by atoms with van der Waals surface area (Å²) in [6.45, 7) is 6.90. The summed E-state index contributed by atoms with van der Waals surface area (Å²) in [5.41, 5.74) is 0.0778. The molecule has 20 heavy (non-hydrogen) atoms. The number of carbonyl (C=O) groups excluding carboxylic acids is 1. The molecule has 110 valence electrons. The van der Waals surface area contributed by atoms with E-state index < -0.39 is 5.60 Å². The zero-order valence-corrected chi connectivity index (χ0v) is 12.4. The van der Waals surface area contributed by atoms with Crippen LogP contribution in [0.25, 0.3) is 0 Å². The minimum Gasteiger partial charge on any atom is -0.493 e. The van der Waals surface area contributed by atoms with Crippen LogP contribution in [-0.2, 0) is 4.79 Å². The second-order valence-corrected chi connectivity index (χ2v) is 5.89. The highest BCUT2D eigenvalue weighted by Gasteiger charge is 2.32. The van der Waals surface area contributed by atoms with Gasteiger partial charge in [-0.25, -0.2) is 0 Å². The molecule has 1 N–H and O–H groups in total. The van der Waals surface area contributed by atoms with Crippen LogP contribution in [-0.4, -0.2) is 41.2 Å². The topological polar surface area (TPSA) is 49.8 Å². The molecule has 1 atom stereocenters. The minimum atomic E-state index is -0.879. The molecule has 1 aromatic carbocycles. The molecule has 0 saturated heterocycles. The summed E-state index contributed by atoms with van der Waals surface area (Å²) < 4.78 is 5.60. The van der Waals surface area contributed by atoms with Gasteiger partial charge in [0.05, 0.1) is 18.1 Å². The molecule has 4 heteroatoms. The maximum absolute atomic E-state index is 12.7. The van der Waals surface area contributed by atoms with Crippen molar-refractivity contribution >= 4 is 5.91 Å². The van der Waals surface area contributed by atoms with E-state index >= 15 is 0 Å². The lowest BCUT2D eigenvalue weighted by Gasteiger charge is -2.33. The monoisotopic (exact) mass is 277 g/mol. The van der Waals surface area contributed by atoms with E-state index in [-0.39, 0.29) is 11.8 Å². The van der Waals surface area contributed by atoms with Gasteiger partial charge in [-0.1, -0.05) is 18.2 Å². The van der Waals surface area contributed by atoms with Crippen LogP contribution in [0.4, 0.5) is 0 Å². The first-order valence-electron chi connectivity index (χ1n) is 7.15. The summed E-state index contributed by atoms with van der Waals surface area (Å²) in [5.74, 6) is 0.712. The smallest absolute Gasteiger partial charge is 0.230 e. The summed E-state index contributed by atoms with van der Waals surface area (Å²) in [4.78, 5) is 14.5. The van der Waals surface area contributed by atoms with E-state index in [0.717, 1.165) is 11.3 Å². The molecule has 1 aromatic rings. The van der Waals surface area contributed by atoms with Gasteiger partial charge in [0, 0.05) is 18.7 Å². The van der Waals surface area contributed by atoms with Crippen molar-refractivity contribution in [2.75, 3.05) is 19.7 Å². The lowest BCUT2D eigenvalue weighted by atomic mass is 9.91. The Bertz CT molecular complexity index is 479. The van der Waals surface area contributed by atoms with Gasteiger partial charge in [-0.15, -0.1) is 0 Å². The third-order valence-corrected chi connectivity index (χ3v) is 3.53. The predicted molar refractivity (Wildman–Crippen MR) is 77.8 cm³/mol. The van der Waals surface area contributed by atoms with Crippen molar-refractivity contribution in [3.63, 3.8) is 0 Å². The van der Waals surface area contributed by atoms with Crippen LogP contribution in [0, 0.1) is 0 Å². The molecule has 1 heterocycles. The van der Waals surface area contributed by atoms with Gasteiger partial charge in [-0.05, 0) is 33.3 Å². The normalized spacial score (nSPS) is 18.1. The summed E-state index contributed by atoms with van der Waals surface area (Å²) in [7, 11) is 0. The van der Waals surface area contributed by atoms with Crippen LogP contribution in [0.1, 0.15) is 38.7 Å². The van der Waals surface area contributed by atoms with Crippen molar-refractivity contribution in [1.82, 2.24) is 4.90 Å². The number of ether oxygens (including phenoxy) is 1. The zero-order valence-electron chi connectivity index (χ0n) is 12.4. The van der Waals surface area contributed by atoms with Crippen molar-refractivity contribution in [2.24, 2.45) is 0 Å². The van der Waals surface area contributed by atoms with Gasteiger partial charge in [0.1, 0.15) is 5.75 Å². The maximum atomic E-state index is 12.7. The average Bonchev–Trinajstić information content (AvgIpc) is 2.42. The highest BCUT2D eigenvalue weighted by molar-refractivity contribution is 5.85. The SMILES string of the molecule is CCN(CC(C)(C)O)C(=O)C1CCOc2ccccc21. The fourth-order valence-electron chi connectivity index (χ4n) is 2.63. The molecule has 0 aromatic heterocycles. The molecule has 2 rings (SSSR count). The van der Waals surface area contributed by atoms with Crippen LogP contribution in [0.2, 0.25) is 0 Å². The van der Waals surface area contributed by atoms with Gasteiger partial charge in [-0.3, -0.25) is 4.79 Å². The Labute approximate surface area is 120 Å².